The van der Waals surface area contributed by atoms with Gasteiger partial charge in [0.2, 0.25) is 15.9 Å². The number of rotatable bonds is 6. The van der Waals surface area contributed by atoms with Gasteiger partial charge in [0.05, 0.1) is 16.7 Å². The van der Waals surface area contributed by atoms with Gasteiger partial charge >= 0.3 is 5.97 Å². The molecule has 0 heterocycles. The van der Waals surface area contributed by atoms with E-state index in [4.69, 9.17) is 5.11 Å². The van der Waals surface area contributed by atoms with Crippen molar-refractivity contribution in [1.29, 1.82) is 0 Å². The standard InChI is InChI=1S/C14H18N2O5S/c1-15-22(20,21)10-4-2-3-9(7-10)8-16-13(17)11-5-6-12(11)14(18)19/h2-4,7,11-12,15H,5-6,8H2,1H3,(H,16,17)(H,18,19). The maximum atomic E-state index is 11.9. The van der Waals surface area contributed by atoms with Crippen molar-refractivity contribution in [2.75, 3.05) is 7.05 Å². The summed E-state index contributed by atoms with van der Waals surface area (Å²) >= 11 is 0. The molecular formula is C14H18N2O5S. The fourth-order valence-electron chi connectivity index (χ4n) is 2.37. The molecule has 0 aliphatic heterocycles. The third-order valence-corrected chi connectivity index (χ3v) is 5.28. The fourth-order valence-corrected chi connectivity index (χ4v) is 3.17. The highest BCUT2D eigenvalue weighted by atomic mass is 32.2. The van der Waals surface area contributed by atoms with Crippen molar-refractivity contribution in [3.05, 3.63) is 29.8 Å². The van der Waals surface area contributed by atoms with Crippen LogP contribution >= 0.6 is 0 Å². The van der Waals surface area contributed by atoms with Gasteiger partial charge in [0.25, 0.3) is 0 Å². The largest absolute Gasteiger partial charge is 0.481 e. The average molecular weight is 326 g/mol. The van der Waals surface area contributed by atoms with Gasteiger partial charge in [-0.1, -0.05) is 12.1 Å². The Balaban J connectivity index is 1.99. The predicted molar refractivity (Wildman–Crippen MR) is 78.4 cm³/mol. The molecule has 0 bridgehead atoms. The van der Waals surface area contributed by atoms with Crippen LogP contribution in [-0.2, 0) is 26.2 Å². The van der Waals surface area contributed by atoms with E-state index in [1.54, 1.807) is 12.1 Å². The van der Waals surface area contributed by atoms with Crippen LogP contribution in [0.2, 0.25) is 0 Å². The Morgan fingerprint density at radius 2 is 1.95 bits per heavy atom. The van der Waals surface area contributed by atoms with E-state index in [-0.39, 0.29) is 17.3 Å². The zero-order valence-corrected chi connectivity index (χ0v) is 12.9. The van der Waals surface area contributed by atoms with Crippen molar-refractivity contribution in [2.45, 2.75) is 24.3 Å². The Morgan fingerprint density at radius 1 is 1.27 bits per heavy atom. The van der Waals surface area contributed by atoms with Crippen LogP contribution in [0.15, 0.2) is 29.2 Å². The van der Waals surface area contributed by atoms with Crippen molar-refractivity contribution >= 4 is 21.9 Å². The van der Waals surface area contributed by atoms with E-state index >= 15 is 0 Å². The van der Waals surface area contributed by atoms with E-state index in [0.29, 0.717) is 18.4 Å². The summed E-state index contributed by atoms with van der Waals surface area (Å²) in [5, 5.41) is 11.6. The second-order valence-corrected chi connectivity index (χ2v) is 7.09. The van der Waals surface area contributed by atoms with Crippen LogP contribution in [0, 0.1) is 11.8 Å². The van der Waals surface area contributed by atoms with E-state index in [1.165, 1.54) is 19.2 Å². The van der Waals surface area contributed by atoms with E-state index < -0.39 is 27.8 Å². The van der Waals surface area contributed by atoms with Crippen LogP contribution in [0.5, 0.6) is 0 Å². The molecule has 120 valence electrons. The summed E-state index contributed by atoms with van der Waals surface area (Å²) in [7, 11) is -2.20. The summed E-state index contributed by atoms with van der Waals surface area (Å²) < 4.78 is 25.6. The van der Waals surface area contributed by atoms with Gasteiger partial charge in [0.15, 0.2) is 0 Å². The number of carboxylic acids is 1. The number of aliphatic carboxylic acids is 1. The van der Waals surface area contributed by atoms with Crippen LogP contribution in [0.1, 0.15) is 18.4 Å². The van der Waals surface area contributed by atoms with Gasteiger partial charge < -0.3 is 10.4 Å². The normalized spacial score (nSPS) is 21.0. The van der Waals surface area contributed by atoms with E-state index in [1.807, 2.05) is 0 Å². The molecule has 1 aromatic rings. The number of sulfonamides is 1. The minimum absolute atomic E-state index is 0.119. The molecular weight excluding hydrogens is 308 g/mol. The average Bonchev–Trinajstić information content (AvgIpc) is 2.43. The van der Waals surface area contributed by atoms with Gasteiger partial charge in [0, 0.05) is 6.54 Å². The van der Waals surface area contributed by atoms with Crippen molar-refractivity contribution in [3.63, 3.8) is 0 Å². The smallest absolute Gasteiger partial charge is 0.307 e. The summed E-state index contributed by atoms with van der Waals surface area (Å²) in [6.07, 6.45) is 1.08. The summed E-state index contributed by atoms with van der Waals surface area (Å²) in [6.45, 7) is 0.161. The Hall–Kier alpha value is -1.93. The lowest BCUT2D eigenvalue weighted by atomic mass is 9.73. The molecule has 2 unspecified atom stereocenters. The Morgan fingerprint density at radius 3 is 2.50 bits per heavy atom. The molecule has 0 aromatic heterocycles. The van der Waals surface area contributed by atoms with Gasteiger partial charge in [-0.05, 0) is 37.6 Å². The monoisotopic (exact) mass is 326 g/mol. The minimum atomic E-state index is -3.53. The van der Waals surface area contributed by atoms with Crippen molar-refractivity contribution in [3.8, 4) is 0 Å². The topological polar surface area (TPSA) is 113 Å². The minimum Gasteiger partial charge on any atom is -0.481 e. The summed E-state index contributed by atoms with van der Waals surface area (Å²) in [4.78, 5) is 23.0. The number of carbonyl (C=O) groups excluding carboxylic acids is 1. The van der Waals surface area contributed by atoms with Crippen molar-refractivity contribution < 1.29 is 23.1 Å². The van der Waals surface area contributed by atoms with Crippen molar-refractivity contribution in [2.24, 2.45) is 11.8 Å². The maximum absolute atomic E-state index is 11.9. The Labute approximate surface area is 128 Å². The lowest BCUT2D eigenvalue weighted by Crippen LogP contribution is -2.43. The lowest BCUT2D eigenvalue weighted by Gasteiger charge is -2.31. The number of benzene rings is 1. The number of nitrogens with one attached hydrogen (secondary N) is 2. The second-order valence-electron chi connectivity index (χ2n) is 5.20. The third-order valence-electron chi connectivity index (χ3n) is 3.87. The molecule has 1 amide bonds. The second kappa shape index (κ2) is 6.45. The maximum Gasteiger partial charge on any atom is 0.307 e. The highest BCUT2D eigenvalue weighted by Crippen LogP contribution is 2.34. The van der Waals surface area contributed by atoms with Gasteiger partial charge in [0.1, 0.15) is 0 Å². The molecule has 1 fully saturated rings. The Kier molecular flexibility index (Phi) is 4.82. The summed E-state index contributed by atoms with van der Waals surface area (Å²) in [5.74, 6) is -2.37. The third kappa shape index (κ3) is 3.45. The molecule has 1 saturated carbocycles. The first-order valence-corrected chi connectivity index (χ1v) is 8.36. The number of carboxylic acid groups (broad SMARTS) is 1. The molecule has 3 N–H and O–H groups in total. The molecule has 7 nitrogen and oxygen atoms in total. The molecule has 1 aromatic carbocycles. The predicted octanol–water partition coefficient (Wildman–Crippen LogP) is 0.322. The van der Waals surface area contributed by atoms with Crippen LogP contribution in [0.3, 0.4) is 0 Å². The van der Waals surface area contributed by atoms with Gasteiger partial charge in [-0.25, -0.2) is 13.1 Å². The SMILES string of the molecule is CNS(=O)(=O)c1cccc(CNC(=O)C2CCC2C(=O)O)c1. The quantitative estimate of drug-likeness (QED) is 0.697. The first-order valence-electron chi connectivity index (χ1n) is 6.88. The van der Waals surface area contributed by atoms with Crippen molar-refractivity contribution in [1.82, 2.24) is 10.0 Å². The summed E-state index contributed by atoms with van der Waals surface area (Å²) in [6, 6.07) is 6.23. The number of carbonyl (C=O) groups is 2. The number of amides is 1. The zero-order valence-electron chi connectivity index (χ0n) is 12.1. The molecule has 1 aliphatic rings. The first kappa shape index (κ1) is 16.4. The number of hydrogen-bond acceptors (Lipinski definition) is 4. The molecule has 2 rings (SSSR count). The highest BCUT2D eigenvalue weighted by Gasteiger charge is 2.41. The lowest BCUT2D eigenvalue weighted by molar-refractivity contribution is -0.152. The van der Waals surface area contributed by atoms with E-state index in [0.717, 1.165) is 0 Å². The van der Waals surface area contributed by atoms with Gasteiger partial charge in [-0.3, -0.25) is 9.59 Å². The first-order chi connectivity index (χ1) is 10.3. The van der Waals surface area contributed by atoms with E-state index in [2.05, 4.69) is 10.0 Å². The Bertz CT molecular complexity index is 686. The molecule has 0 spiro atoms. The van der Waals surface area contributed by atoms with Gasteiger partial charge in [-0.15, -0.1) is 0 Å². The highest BCUT2D eigenvalue weighted by molar-refractivity contribution is 7.89. The molecule has 0 saturated heterocycles. The van der Waals surface area contributed by atoms with Crippen LogP contribution in [-0.4, -0.2) is 32.4 Å². The molecule has 22 heavy (non-hydrogen) atoms. The molecule has 2 atom stereocenters. The van der Waals surface area contributed by atoms with E-state index in [9.17, 15) is 18.0 Å². The molecule has 0 radical (unpaired) electrons. The van der Waals surface area contributed by atoms with Crippen LogP contribution < -0.4 is 10.0 Å². The van der Waals surface area contributed by atoms with Gasteiger partial charge in [-0.2, -0.15) is 0 Å². The number of hydrogen-bond donors (Lipinski definition) is 3. The zero-order chi connectivity index (χ0) is 16.3. The fraction of sp³-hybridized carbons (Fsp3) is 0.429. The molecule has 1 aliphatic carbocycles. The summed E-state index contributed by atoms with van der Waals surface area (Å²) in [5.41, 5.74) is 0.635. The van der Waals surface area contributed by atoms with Crippen LogP contribution in [0.25, 0.3) is 0 Å². The molecule has 8 heteroatoms. The van der Waals surface area contributed by atoms with Crippen LogP contribution in [0.4, 0.5) is 0 Å².